The van der Waals surface area contributed by atoms with E-state index in [4.69, 9.17) is 0 Å². The normalized spacial score (nSPS) is 36.0. The standard InChI is InChI=1S/H6S3Si3/c1-2-5-6-3-4-1/h4-6H2. The van der Waals surface area contributed by atoms with E-state index in [-0.39, 0.29) is 0 Å². The summed E-state index contributed by atoms with van der Waals surface area (Å²) in [5.74, 6) is 0. The fourth-order valence-corrected chi connectivity index (χ4v) is 67.8. The molecule has 1 heterocycles. The van der Waals surface area contributed by atoms with Crippen LogP contribution in [0.15, 0.2) is 0 Å². The van der Waals surface area contributed by atoms with Crippen molar-refractivity contribution in [3.63, 3.8) is 0 Å². The van der Waals surface area contributed by atoms with Gasteiger partial charge in [0.05, 0.1) is 16.4 Å². The molecule has 0 radical (unpaired) electrons. The topological polar surface area (TPSA) is 0 Å². The van der Waals surface area contributed by atoms with Crippen molar-refractivity contribution in [3.05, 3.63) is 0 Å². The zero-order valence-corrected chi connectivity index (χ0v) is 10.0. The Bertz CT molecular complexity index is 21.5. The van der Waals surface area contributed by atoms with E-state index < -0.39 is 0 Å². The molecule has 1 aliphatic heterocycles. The molecule has 6 heteroatoms. The van der Waals surface area contributed by atoms with Crippen LogP contribution in [0, 0.1) is 0 Å². The first-order valence-electron chi connectivity index (χ1n) is 1.82. The Hall–Kier alpha value is 1.70. The maximum Gasteiger partial charge on any atom is 0.151 e. The second-order valence-corrected chi connectivity index (χ2v) is 26.1. The smallest absolute Gasteiger partial charge is 0.151 e. The number of hydrogen-bond donors (Lipinski definition) is 0. The molecule has 0 aromatic carbocycles. The molecule has 0 nitrogen and oxygen atoms in total. The van der Waals surface area contributed by atoms with E-state index in [1.165, 1.54) is 0 Å². The first kappa shape index (κ1) is 5.83. The maximum atomic E-state index is 2.38. The van der Waals surface area contributed by atoms with Crippen molar-refractivity contribution in [2.24, 2.45) is 0 Å². The van der Waals surface area contributed by atoms with Crippen LogP contribution in [-0.4, -0.2) is 24.2 Å². The molecule has 0 atom stereocenters. The Morgan fingerprint density at radius 3 is 2.17 bits per heavy atom. The predicted octanol–water partition coefficient (Wildman–Crippen LogP) is -0.804. The van der Waals surface area contributed by atoms with Crippen LogP contribution in [0.5, 0.6) is 0 Å². The lowest BCUT2D eigenvalue weighted by Gasteiger charge is -2.03. The second-order valence-electron chi connectivity index (χ2n) is 0.966. The second kappa shape index (κ2) is 3.67. The molecular formula is H6S3Si3. The Labute approximate surface area is 55.2 Å². The van der Waals surface area contributed by atoms with Crippen molar-refractivity contribution in [1.82, 2.24) is 0 Å². The Balaban J connectivity index is 2.00. The van der Waals surface area contributed by atoms with E-state index in [0.29, 0.717) is 24.2 Å². The molecule has 36 valence electrons. The van der Waals surface area contributed by atoms with E-state index in [2.05, 4.69) is 31.1 Å². The molecule has 0 amide bonds. The van der Waals surface area contributed by atoms with Crippen molar-refractivity contribution < 1.29 is 0 Å². The van der Waals surface area contributed by atoms with E-state index in [0.717, 1.165) is 0 Å². The minimum atomic E-state index is 0.401. The summed E-state index contributed by atoms with van der Waals surface area (Å²) >= 11 is 0. The van der Waals surface area contributed by atoms with Crippen LogP contribution in [0.3, 0.4) is 0 Å². The molecule has 0 aliphatic carbocycles. The fourth-order valence-electron chi connectivity index (χ4n) is 0.279. The maximum absolute atomic E-state index is 2.38. The molecule has 0 unspecified atom stereocenters. The zero-order chi connectivity index (χ0) is 4.24. The molecule has 0 bridgehead atoms. The van der Waals surface area contributed by atoms with Crippen molar-refractivity contribution in [3.8, 4) is 0 Å². The summed E-state index contributed by atoms with van der Waals surface area (Å²) < 4.78 is 0. The summed E-state index contributed by atoms with van der Waals surface area (Å²) in [5.41, 5.74) is 0. The SMILES string of the molecule is [SiH2]1[SiH2]SS[SiH2]S1. The van der Waals surface area contributed by atoms with Gasteiger partial charge in [0.25, 0.3) is 0 Å². The zero-order valence-electron chi connectivity index (χ0n) is 3.35. The monoisotopic (exact) mass is 186 g/mol. The molecule has 1 fully saturated rings. The molecule has 6 heavy (non-hydrogen) atoms. The van der Waals surface area contributed by atoms with Crippen LogP contribution in [0.1, 0.15) is 0 Å². The average molecular weight is 187 g/mol. The van der Waals surface area contributed by atoms with Crippen LogP contribution >= 0.6 is 31.1 Å². The van der Waals surface area contributed by atoms with Crippen LogP contribution in [0.25, 0.3) is 0 Å². The first-order chi connectivity index (χ1) is 3.00. The van der Waals surface area contributed by atoms with Gasteiger partial charge in [-0.3, -0.25) is 0 Å². The minimum Gasteiger partial charge on any atom is -0.210 e. The highest BCUT2D eigenvalue weighted by atomic mass is 33.3. The summed E-state index contributed by atoms with van der Waals surface area (Å²) in [4.78, 5) is 0. The van der Waals surface area contributed by atoms with Gasteiger partial charge in [0, 0.05) is 0 Å². The average Bonchev–Trinajstić information content (AvgIpc) is 1.72. The number of rotatable bonds is 0. The Kier molecular flexibility index (Phi) is 3.57. The molecule has 0 N–H and O–H groups in total. The molecule has 0 spiro atoms. The quantitative estimate of drug-likeness (QED) is 0.359. The first-order valence-corrected chi connectivity index (χ1v) is 16.4. The van der Waals surface area contributed by atoms with E-state index in [1.54, 1.807) is 0 Å². The largest absolute Gasteiger partial charge is 0.210 e. The summed E-state index contributed by atoms with van der Waals surface area (Å²) in [5, 5.41) is 0. The molecule has 1 saturated heterocycles. The third-order valence-electron chi connectivity index (χ3n) is 0.526. The van der Waals surface area contributed by atoms with Gasteiger partial charge in [-0.05, 0) is 0 Å². The van der Waals surface area contributed by atoms with Gasteiger partial charge in [0.15, 0.2) is 7.82 Å². The molecule has 0 aromatic heterocycles. The molecule has 1 rings (SSSR count). The van der Waals surface area contributed by atoms with Gasteiger partial charge in [-0.15, -0.1) is 20.5 Å². The van der Waals surface area contributed by atoms with Gasteiger partial charge in [-0.2, -0.15) is 0 Å². The van der Waals surface area contributed by atoms with Crippen LogP contribution in [0.2, 0.25) is 0 Å². The summed E-state index contributed by atoms with van der Waals surface area (Å²) in [6.07, 6.45) is 0. The van der Waals surface area contributed by atoms with Crippen LogP contribution < -0.4 is 0 Å². The van der Waals surface area contributed by atoms with Crippen LogP contribution in [-0.2, 0) is 0 Å². The highest BCUT2D eigenvalue weighted by molar-refractivity contribution is 9.02. The molecule has 0 saturated carbocycles. The van der Waals surface area contributed by atoms with Gasteiger partial charge in [-0.1, -0.05) is 0 Å². The van der Waals surface area contributed by atoms with Gasteiger partial charge in [-0.25, -0.2) is 10.7 Å². The fraction of sp³-hybridized carbons (Fsp3) is 0. The highest BCUT2D eigenvalue weighted by Gasteiger charge is 1.99. The Morgan fingerprint density at radius 2 is 2.00 bits per heavy atom. The van der Waals surface area contributed by atoms with Gasteiger partial charge in [0.2, 0.25) is 0 Å². The lowest BCUT2D eigenvalue weighted by Crippen LogP contribution is -1.98. The minimum absolute atomic E-state index is 0.401. The summed E-state index contributed by atoms with van der Waals surface area (Å²) in [6.45, 7) is 0. The van der Waals surface area contributed by atoms with E-state index >= 15 is 0 Å². The summed E-state index contributed by atoms with van der Waals surface area (Å²) in [7, 11) is 8.33. The van der Waals surface area contributed by atoms with E-state index in [9.17, 15) is 0 Å². The third-order valence-corrected chi connectivity index (χ3v) is 42.6. The highest BCUT2D eigenvalue weighted by Crippen LogP contribution is 2.26. The van der Waals surface area contributed by atoms with Crippen molar-refractivity contribution in [1.29, 1.82) is 0 Å². The molecule has 0 aromatic rings. The predicted molar refractivity (Wildman–Crippen MR) is 48.4 cm³/mol. The van der Waals surface area contributed by atoms with E-state index in [1.807, 2.05) is 0 Å². The van der Waals surface area contributed by atoms with Crippen LogP contribution in [0.4, 0.5) is 0 Å². The van der Waals surface area contributed by atoms with Crippen molar-refractivity contribution in [2.75, 3.05) is 0 Å². The van der Waals surface area contributed by atoms with Gasteiger partial charge >= 0.3 is 0 Å². The summed E-state index contributed by atoms with van der Waals surface area (Å²) in [6, 6.07) is 0. The van der Waals surface area contributed by atoms with Crippen molar-refractivity contribution in [2.45, 2.75) is 0 Å². The van der Waals surface area contributed by atoms with Gasteiger partial charge < -0.3 is 0 Å². The Morgan fingerprint density at radius 1 is 1.00 bits per heavy atom. The number of hydrogen-bond acceptors (Lipinski definition) is 3. The molecular weight excluding hydrogens is 180 g/mol. The lowest BCUT2D eigenvalue weighted by molar-refractivity contribution is 4.33. The molecule has 1 aliphatic rings. The third kappa shape index (κ3) is 2.12. The lowest BCUT2D eigenvalue weighted by atomic mass is 26.9. The van der Waals surface area contributed by atoms with Crippen molar-refractivity contribution >= 4 is 55.3 Å². The van der Waals surface area contributed by atoms with Gasteiger partial charge in [0.1, 0.15) is 0 Å².